The summed E-state index contributed by atoms with van der Waals surface area (Å²) in [5.74, 6) is 1.03. The van der Waals surface area contributed by atoms with Crippen molar-refractivity contribution < 1.29 is 14.4 Å². The molecule has 0 aromatic rings. The van der Waals surface area contributed by atoms with E-state index in [9.17, 15) is 9.59 Å². The van der Waals surface area contributed by atoms with Crippen molar-refractivity contribution in [2.24, 2.45) is 17.3 Å². The van der Waals surface area contributed by atoms with Gasteiger partial charge < -0.3 is 5.53 Å². The summed E-state index contributed by atoms with van der Waals surface area (Å²) in [5, 5.41) is 0. The second kappa shape index (κ2) is 6.94. The molecule has 0 radical (unpaired) electrons. The van der Waals surface area contributed by atoms with Crippen LogP contribution in [-0.2, 0) is 9.59 Å². The minimum Gasteiger partial charge on any atom is -0.361 e. The third-order valence-electron chi connectivity index (χ3n) is 4.30. The highest BCUT2D eigenvalue weighted by Gasteiger charge is 2.36. The highest BCUT2D eigenvalue weighted by atomic mass is 16.1. The van der Waals surface area contributed by atoms with E-state index in [4.69, 9.17) is 5.53 Å². The van der Waals surface area contributed by atoms with Crippen LogP contribution in [0.5, 0.6) is 0 Å². The van der Waals surface area contributed by atoms with Crippen LogP contribution in [0.4, 0.5) is 0 Å². The average Bonchev–Trinajstić information content (AvgIpc) is 2.40. The Hall–Kier alpha value is -1.28. The number of carbonyl (C=O) groups is 2. The molecule has 0 N–H and O–H groups in total. The molecule has 4 nitrogen and oxygen atoms in total. The molecule has 112 valence electrons. The molecule has 1 atom stereocenters. The summed E-state index contributed by atoms with van der Waals surface area (Å²) in [6, 6.07) is 0. The number of hydrogen-bond acceptors (Lipinski definition) is 2. The molecule has 0 spiro atoms. The first kappa shape index (κ1) is 16.8. The van der Waals surface area contributed by atoms with Crippen LogP contribution >= 0.6 is 0 Å². The van der Waals surface area contributed by atoms with Gasteiger partial charge >= 0.3 is 5.71 Å². The third-order valence-corrected chi connectivity index (χ3v) is 4.30. The van der Waals surface area contributed by atoms with Crippen molar-refractivity contribution in [1.82, 2.24) is 0 Å². The smallest absolute Gasteiger partial charge is 0.335 e. The predicted octanol–water partition coefficient (Wildman–Crippen LogP) is 3.45. The Morgan fingerprint density at radius 1 is 1.35 bits per heavy atom. The second-order valence-electron chi connectivity index (χ2n) is 6.87. The monoisotopic (exact) mass is 278 g/mol. The minimum atomic E-state index is -0.525. The fourth-order valence-corrected chi connectivity index (χ4v) is 2.94. The van der Waals surface area contributed by atoms with Gasteiger partial charge in [0.15, 0.2) is 0 Å². The van der Waals surface area contributed by atoms with Gasteiger partial charge in [-0.3, -0.25) is 9.59 Å². The van der Waals surface area contributed by atoms with Gasteiger partial charge in [0.1, 0.15) is 5.78 Å². The van der Waals surface area contributed by atoms with E-state index in [-0.39, 0.29) is 11.5 Å². The molecule has 1 aliphatic carbocycles. The van der Waals surface area contributed by atoms with Crippen molar-refractivity contribution in [1.29, 1.82) is 0 Å². The van der Waals surface area contributed by atoms with E-state index in [1.54, 1.807) is 0 Å². The summed E-state index contributed by atoms with van der Waals surface area (Å²) in [6.07, 6.45) is 4.57. The molecule has 1 saturated carbocycles. The normalized spacial score (nSPS) is 18.5. The Balaban J connectivity index is 2.74. The van der Waals surface area contributed by atoms with Crippen LogP contribution in [0.1, 0.15) is 66.2 Å². The second-order valence-corrected chi connectivity index (χ2v) is 6.87. The lowest BCUT2D eigenvalue weighted by atomic mass is 9.74. The molecule has 1 unspecified atom stereocenters. The van der Waals surface area contributed by atoms with Crippen LogP contribution in [0.25, 0.3) is 5.53 Å². The van der Waals surface area contributed by atoms with Gasteiger partial charge in [0.2, 0.25) is 5.78 Å². The van der Waals surface area contributed by atoms with E-state index in [1.165, 1.54) is 0 Å². The Morgan fingerprint density at radius 3 is 2.30 bits per heavy atom. The zero-order valence-electron chi connectivity index (χ0n) is 13.1. The number of hydrogen-bond donors (Lipinski definition) is 0. The molecule has 0 bridgehead atoms. The van der Waals surface area contributed by atoms with Crippen LogP contribution in [0, 0.1) is 17.3 Å². The van der Waals surface area contributed by atoms with Crippen molar-refractivity contribution in [3.05, 3.63) is 5.53 Å². The van der Waals surface area contributed by atoms with E-state index in [0.29, 0.717) is 36.9 Å². The standard InChI is InChI=1S/C16H26N2O2/c1-5-11(12-6-8-13(19)9-7-12)10-14(18-17)15(20)16(2,3)4/h11-12H,5-10H2,1-4H3. The molecule has 0 amide bonds. The number of nitrogens with zero attached hydrogens (tertiary/aromatic N) is 2. The highest BCUT2D eigenvalue weighted by Crippen LogP contribution is 2.33. The molecule has 1 fully saturated rings. The quantitative estimate of drug-likeness (QED) is 0.439. The molecule has 0 saturated heterocycles. The van der Waals surface area contributed by atoms with Crippen molar-refractivity contribution in [3.63, 3.8) is 0 Å². The first-order chi connectivity index (χ1) is 9.29. The molecule has 20 heavy (non-hydrogen) atoms. The molecule has 1 rings (SSSR count). The van der Waals surface area contributed by atoms with Crippen LogP contribution in [-0.4, -0.2) is 22.1 Å². The Bertz CT molecular complexity index is 418. The van der Waals surface area contributed by atoms with Gasteiger partial charge in [0.05, 0.1) is 6.42 Å². The molecule has 0 aromatic heterocycles. The summed E-state index contributed by atoms with van der Waals surface area (Å²) in [5.41, 5.74) is 8.91. The summed E-state index contributed by atoms with van der Waals surface area (Å²) >= 11 is 0. The van der Waals surface area contributed by atoms with Gasteiger partial charge in [-0.05, 0) is 24.7 Å². The minimum absolute atomic E-state index is 0.0923. The first-order valence-electron chi connectivity index (χ1n) is 7.57. The van der Waals surface area contributed by atoms with Gasteiger partial charge in [-0.25, -0.2) is 0 Å². The molecular weight excluding hydrogens is 252 g/mol. The molecule has 4 heteroatoms. The Kier molecular flexibility index (Phi) is 5.82. The van der Waals surface area contributed by atoms with E-state index in [2.05, 4.69) is 11.7 Å². The molecule has 0 heterocycles. The van der Waals surface area contributed by atoms with E-state index in [1.807, 2.05) is 20.8 Å². The largest absolute Gasteiger partial charge is 0.361 e. The van der Waals surface area contributed by atoms with E-state index in [0.717, 1.165) is 19.3 Å². The summed E-state index contributed by atoms with van der Waals surface area (Å²) in [4.78, 5) is 26.8. The summed E-state index contributed by atoms with van der Waals surface area (Å²) in [7, 11) is 0. The van der Waals surface area contributed by atoms with E-state index < -0.39 is 5.41 Å². The number of ketones is 2. The van der Waals surface area contributed by atoms with Gasteiger partial charge in [-0.15, -0.1) is 0 Å². The molecule has 1 aliphatic rings. The fraction of sp³-hybridized carbons (Fsp3) is 0.812. The Morgan fingerprint density at radius 2 is 1.90 bits per heavy atom. The van der Waals surface area contributed by atoms with Crippen LogP contribution in [0.3, 0.4) is 0 Å². The topological polar surface area (TPSA) is 70.5 Å². The van der Waals surface area contributed by atoms with Crippen molar-refractivity contribution in [2.75, 3.05) is 0 Å². The number of Topliss-reactive ketones (excluding diaryl/α,β-unsaturated/α-hetero) is 2. The third kappa shape index (κ3) is 4.38. The Labute approximate surface area is 121 Å². The summed E-state index contributed by atoms with van der Waals surface area (Å²) < 4.78 is 0. The SMILES string of the molecule is CCC(CC(=[N+]=[N-])C(=O)C(C)(C)C)C1CCC(=O)CC1. The molecule has 0 aromatic carbocycles. The van der Waals surface area contributed by atoms with Crippen LogP contribution in [0.15, 0.2) is 0 Å². The maximum Gasteiger partial charge on any atom is 0.335 e. The zero-order chi connectivity index (χ0) is 15.3. The zero-order valence-corrected chi connectivity index (χ0v) is 13.1. The number of carbonyl (C=O) groups excluding carboxylic acids is 2. The number of rotatable bonds is 5. The lowest BCUT2D eigenvalue weighted by molar-refractivity contribution is -0.125. The lowest BCUT2D eigenvalue weighted by Gasteiger charge is -2.28. The maximum atomic E-state index is 12.2. The summed E-state index contributed by atoms with van der Waals surface area (Å²) in [6.45, 7) is 7.60. The van der Waals surface area contributed by atoms with Crippen LogP contribution < -0.4 is 0 Å². The maximum absolute atomic E-state index is 12.2. The fourth-order valence-electron chi connectivity index (χ4n) is 2.94. The van der Waals surface area contributed by atoms with Gasteiger partial charge in [0, 0.05) is 18.3 Å². The van der Waals surface area contributed by atoms with Crippen molar-refractivity contribution in [2.45, 2.75) is 66.2 Å². The van der Waals surface area contributed by atoms with Crippen LogP contribution in [0.2, 0.25) is 0 Å². The van der Waals surface area contributed by atoms with E-state index >= 15 is 0 Å². The van der Waals surface area contributed by atoms with Gasteiger partial charge in [0.25, 0.3) is 0 Å². The van der Waals surface area contributed by atoms with Gasteiger partial charge in [-0.2, -0.15) is 4.79 Å². The predicted molar refractivity (Wildman–Crippen MR) is 78.5 cm³/mol. The molecular formula is C16H26N2O2. The average molecular weight is 278 g/mol. The highest BCUT2D eigenvalue weighted by molar-refractivity contribution is 6.39. The van der Waals surface area contributed by atoms with Crippen molar-refractivity contribution in [3.8, 4) is 0 Å². The van der Waals surface area contributed by atoms with Crippen molar-refractivity contribution >= 4 is 17.3 Å². The first-order valence-corrected chi connectivity index (χ1v) is 7.57. The lowest BCUT2D eigenvalue weighted by Crippen LogP contribution is -2.33. The van der Waals surface area contributed by atoms with Gasteiger partial charge in [-0.1, -0.05) is 34.1 Å². The molecule has 0 aliphatic heterocycles.